The van der Waals surface area contributed by atoms with Crippen LogP contribution in [-0.4, -0.2) is 9.97 Å². The molecule has 0 aliphatic rings. The van der Waals surface area contributed by atoms with Gasteiger partial charge in [0.25, 0.3) is 0 Å². The van der Waals surface area contributed by atoms with E-state index in [2.05, 4.69) is 16.0 Å². The summed E-state index contributed by atoms with van der Waals surface area (Å²) in [5.74, 6) is 0.873. The molecular formula is C23H16FN3O. The van der Waals surface area contributed by atoms with Crippen molar-refractivity contribution in [2.75, 3.05) is 0 Å². The van der Waals surface area contributed by atoms with Gasteiger partial charge in [0.05, 0.1) is 16.6 Å². The molecule has 4 aromatic rings. The Morgan fingerprint density at radius 1 is 1.04 bits per heavy atom. The van der Waals surface area contributed by atoms with E-state index in [1.165, 1.54) is 6.07 Å². The maximum absolute atomic E-state index is 13.6. The molecule has 0 saturated carbocycles. The van der Waals surface area contributed by atoms with E-state index in [9.17, 15) is 9.65 Å². The van der Waals surface area contributed by atoms with Gasteiger partial charge in [0, 0.05) is 5.56 Å². The summed E-state index contributed by atoms with van der Waals surface area (Å²) in [6.07, 6.45) is 1.76. The average molecular weight is 369 g/mol. The van der Waals surface area contributed by atoms with Gasteiger partial charge in [0.2, 0.25) is 0 Å². The third-order valence-corrected chi connectivity index (χ3v) is 4.31. The van der Waals surface area contributed by atoms with Crippen molar-refractivity contribution in [1.82, 2.24) is 9.97 Å². The van der Waals surface area contributed by atoms with E-state index < -0.39 is 0 Å². The Balaban J connectivity index is 1.51. The van der Waals surface area contributed by atoms with Gasteiger partial charge in [-0.25, -0.2) is 9.37 Å². The first-order valence-electron chi connectivity index (χ1n) is 8.76. The minimum Gasteiger partial charge on any atom is -0.489 e. The SMILES string of the molecule is N#C/C(=C\c1ccc(OCc2ccccc2F)cc1)c1nc2ccccc2[nH]1. The van der Waals surface area contributed by atoms with Gasteiger partial charge in [0.1, 0.15) is 30.1 Å². The molecule has 0 bridgehead atoms. The first kappa shape index (κ1) is 17.5. The van der Waals surface area contributed by atoms with Crippen LogP contribution in [0.5, 0.6) is 5.75 Å². The van der Waals surface area contributed by atoms with Gasteiger partial charge in [-0.3, -0.25) is 0 Å². The number of H-pyrrole nitrogens is 1. The number of rotatable bonds is 5. The highest BCUT2D eigenvalue weighted by atomic mass is 19.1. The second-order valence-electron chi connectivity index (χ2n) is 6.22. The number of allylic oxidation sites excluding steroid dienone is 1. The molecule has 0 saturated heterocycles. The van der Waals surface area contributed by atoms with E-state index in [1.54, 1.807) is 36.4 Å². The fourth-order valence-electron chi connectivity index (χ4n) is 2.84. The van der Waals surface area contributed by atoms with Crippen LogP contribution in [0.3, 0.4) is 0 Å². The summed E-state index contributed by atoms with van der Waals surface area (Å²) in [6, 6.07) is 23.6. The Labute approximate surface area is 161 Å². The van der Waals surface area contributed by atoms with Crippen LogP contribution in [0, 0.1) is 17.1 Å². The molecule has 4 nitrogen and oxygen atoms in total. The smallest absolute Gasteiger partial charge is 0.149 e. The Kier molecular flexibility index (Phi) is 4.85. The molecule has 3 aromatic carbocycles. The zero-order valence-electron chi connectivity index (χ0n) is 14.9. The Bertz CT molecular complexity index is 1150. The average Bonchev–Trinajstić information content (AvgIpc) is 3.16. The highest BCUT2D eigenvalue weighted by Gasteiger charge is 2.08. The van der Waals surface area contributed by atoms with Crippen molar-refractivity contribution >= 4 is 22.7 Å². The fourth-order valence-corrected chi connectivity index (χ4v) is 2.84. The highest BCUT2D eigenvalue weighted by Crippen LogP contribution is 2.21. The molecule has 0 amide bonds. The molecule has 136 valence electrons. The van der Waals surface area contributed by atoms with Crippen LogP contribution in [0.2, 0.25) is 0 Å². The maximum Gasteiger partial charge on any atom is 0.149 e. The van der Waals surface area contributed by atoms with Crippen LogP contribution >= 0.6 is 0 Å². The minimum atomic E-state index is -0.286. The van der Waals surface area contributed by atoms with E-state index in [0.717, 1.165) is 16.6 Å². The number of para-hydroxylation sites is 2. The van der Waals surface area contributed by atoms with Gasteiger partial charge < -0.3 is 9.72 Å². The van der Waals surface area contributed by atoms with Crippen LogP contribution in [-0.2, 0) is 6.61 Å². The number of nitriles is 1. The number of nitrogens with zero attached hydrogens (tertiary/aromatic N) is 2. The predicted molar refractivity (Wildman–Crippen MR) is 107 cm³/mol. The summed E-state index contributed by atoms with van der Waals surface area (Å²) < 4.78 is 19.3. The second kappa shape index (κ2) is 7.77. The molecule has 0 unspecified atom stereocenters. The molecule has 1 heterocycles. The number of aromatic nitrogens is 2. The quantitative estimate of drug-likeness (QED) is 0.483. The highest BCUT2D eigenvalue weighted by molar-refractivity contribution is 5.90. The van der Waals surface area contributed by atoms with Crippen molar-refractivity contribution in [3.63, 3.8) is 0 Å². The number of fused-ring (bicyclic) bond motifs is 1. The molecule has 0 aliphatic carbocycles. The summed E-state index contributed by atoms with van der Waals surface area (Å²) in [7, 11) is 0. The molecule has 1 aromatic heterocycles. The topological polar surface area (TPSA) is 61.7 Å². The minimum absolute atomic E-state index is 0.157. The summed E-state index contributed by atoms with van der Waals surface area (Å²) in [5, 5.41) is 9.52. The molecule has 4 rings (SSSR count). The van der Waals surface area contributed by atoms with Crippen LogP contribution in [0.4, 0.5) is 4.39 Å². The van der Waals surface area contributed by atoms with Crippen LogP contribution in [0.15, 0.2) is 72.8 Å². The number of hydrogen-bond acceptors (Lipinski definition) is 3. The third-order valence-electron chi connectivity index (χ3n) is 4.31. The predicted octanol–water partition coefficient (Wildman–Crippen LogP) is 5.35. The summed E-state index contributed by atoms with van der Waals surface area (Å²) in [5.41, 5.74) is 3.49. The molecule has 0 atom stereocenters. The Morgan fingerprint density at radius 3 is 2.54 bits per heavy atom. The lowest BCUT2D eigenvalue weighted by Crippen LogP contribution is -1.98. The molecule has 0 aliphatic heterocycles. The van der Waals surface area contributed by atoms with Gasteiger partial charge >= 0.3 is 0 Å². The molecule has 0 fully saturated rings. The van der Waals surface area contributed by atoms with Gasteiger partial charge in [-0.2, -0.15) is 5.26 Å². The van der Waals surface area contributed by atoms with Crippen LogP contribution in [0.25, 0.3) is 22.7 Å². The van der Waals surface area contributed by atoms with Crippen LogP contribution in [0.1, 0.15) is 17.0 Å². The van der Waals surface area contributed by atoms with E-state index in [1.807, 2.05) is 36.4 Å². The van der Waals surface area contributed by atoms with Crippen molar-refractivity contribution in [3.05, 3.63) is 95.6 Å². The standard InChI is InChI=1S/C23H16FN3O/c24-20-6-2-1-5-17(20)15-28-19-11-9-16(10-12-19)13-18(14-25)23-26-21-7-3-4-8-22(21)27-23/h1-13H,15H2,(H,26,27)/b18-13+. The van der Waals surface area contributed by atoms with Crippen molar-refractivity contribution in [3.8, 4) is 11.8 Å². The summed E-state index contributed by atoms with van der Waals surface area (Å²) in [6.45, 7) is 0.157. The molecule has 0 spiro atoms. The van der Waals surface area contributed by atoms with Gasteiger partial charge in [-0.15, -0.1) is 0 Å². The number of benzene rings is 3. The van der Waals surface area contributed by atoms with E-state index in [4.69, 9.17) is 4.74 Å². The maximum atomic E-state index is 13.6. The van der Waals surface area contributed by atoms with E-state index in [-0.39, 0.29) is 12.4 Å². The Hall–Kier alpha value is -3.91. The summed E-state index contributed by atoms with van der Waals surface area (Å²) >= 11 is 0. The first-order valence-corrected chi connectivity index (χ1v) is 8.76. The molecule has 1 N–H and O–H groups in total. The van der Waals surface area contributed by atoms with Crippen LogP contribution < -0.4 is 4.74 Å². The second-order valence-corrected chi connectivity index (χ2v) is 6.22. The number of ether oxygens (including phenoxy) is 1. The largest absolute Gasteiger partial charge is 0.489 e. The lowest BCUT2D eigenvalue weighted by molar-refractivity contribution is 0.300. The van der Waals surface area contributed by atoms with Gasteiger partial charge in [0.15, 0.2) is 0 Å². The molecule has 28 heavy (non-hydrogen) atoms. The lowest BCUT2D eigenvalue weighted by atomic mass is 10.1. The normalized spacial score (nSPS) is 11.4. The van der Waals surface area contributed by atoms with Crippen molar-refractivity contribution in [2.45, 2.75) is 6.61 Å². The number of imidazole rings is 1. The van der Waals surface area contributed by atoms with Crippen molar-refractivity contribution in [1.29, 1.82) is 5.26 Å². The van der Waals surface area contributed by atoms with Crippen molar-refractivity contribution < 1.29 is 9.13 Å². The number of halogens is 1. The molecule has 5 heteroatoms. The number of aromatic amines is 1. The zero-order valence-corrected chi connectivity index (χ0v) is 14.9. The Morgan fingerprint density at radius 2 is 1.79 bits per heavy atom. The fraction of sp³-hybridized carbons (Fsp3) is 0.0435. The monoisotopic (exact) mass is 369 g/mol. The zero-order chi connectivity index (χ0) is 19.3. The molecular weight excluding hydrogens is 353 g/mol. The first-order chi connectivity index (χ1) is 13.7. The van der Waals surface area contributed by atoms with E-state index in [0.29, 0.717) is 22.7 Å². The number of nitrogens with one attached hydrogen (secondary N) is 1. The molecule has 0 radical (unpaired) electrons. The van der Waals surface area contributed by atoms with Crippen molar-refractivity contribution in [2.24, 2.45) is 0 Å². The lowest BCUT2D eigenvalue weighted by Gasteiger charge is -2.07. The third kappa shape index (κ3) is 3.76. The van der Waals surface area contributed by atoms with Gasteiger partial charge in [-0.05, 0) is 42.0 Å². The van der Waals surface area contributed by atoms with E-state index >= 15 is 0 Å². The van der Waals surface area contributed by atoms with Gasteiger partial charge in [-0.1, -0.05) is 42.5 Å². The number of hydrogen-bond donors (Lipinski definition) is 1. The summed E-state index contributed by atoms with van der Waals surface area (Å²) in [4.78, 5) is 7.62.